The van der Waals surface area contributed by atoms with Crippen molar-refractivity contribution in [1.29, 1.82) is 0 Å². The molecule has 2 aromatic carbocycles. The quantitative estimate of drug-likeness (QED) is 0.549. The highest BCUT2D eigenvalue weighted by molar-refractivity contribution is 6.04. The van der Waals surface area contributed by atoms with Gasteiger partial charge in [0.15, 0.2) is 28.8 Å². The van der Waals surface area contributed by atoms with Crippen LogP contribution in [0, 0.1) is 0 Å². The maximum atomic E-state index is 13.7. The molecule has 0 radical (unpaired) electrons. The third-order valence-electron chi connectivity index (χ3n) is 6.74. The van der Waals surface area contributed by atoms with Gasteiger partial charge in [-0.2, -0.15) is 0 Å². The molecule has 0 amide bonds. The van der Waals surface area contributed by atoms with Crippen molar-refractivity contribution < 1.29 is 33.6 Å². The fraction of sp³-hybridized carbons (Fsp3) is 0.357. The van der Waals surface area contributed by atoms with Crippen LogP contribution in [0.15, 0.2) is 58.9 Å². The number of hydrogen-bond donors (Lipinski definition) is 2. The number of carbonyl (C=O) groups excluding carboxylic acids is 2. The number of ketones is 1. The highest BCUT2D eigenvalue weighted by Crippen LogP contribution is 2.47. The van der Waals surface area contributed by atoms with Crippen molar-refractivity contribution in [3.8, 4) is 23.0 Å². The molecule has 1 aliphatic heterocycles. The third kappa shape index (κ3) is 4.51. The van der Waals surface area contributed by atoms with Gasteiger partial charge in [0.05, 0.1) is 33.5 Å². The molecule has 190 valence electrons. The van der Waals surface area contributed by atoms with E-state index < -0.39 is 11.9 Å². The van der Waals surface area contributed by atoms with Crippen molar-refractivity contribution in [3.63, 3.8) is 0 Å². The van der Waals surface area contributed by atoms with Gasteiger partial charge in [-0.05, 0) is 61.6 Å². The van der Waals surface area contributed by atoms with E-state index in [-0.39, 0.29) is 36.2 Å². The number of aromatic hydroxyl groups is 1. The number of Topliss-reactive ketones (excluding diaryl/α,β-unsaturated/α-hetero) is 1. The molecule has 2 aromatic rings. The van der Waals surface area contributed by atoms with Gasteiger partial charge in [0.25, 0.3) is 0 Å². The van der Waals surface area contributed by atoms with Crippen molar-refractivity contribution >= 4 is 11.8 Å². The average molecular weight is 494 g/mol. The Bertz CT molecular complexity index is 1260. The Hall–Kier alpha value is -3.94. The number of rotatable bonds is 7. The normalized spacial score (nSPS) is 19.4. The van der Waals surface area contributed by atoms with Crippen molar-refractivity contribution in [1.82, 2.24) is 5.32 Å². The number of benzene rings is 2. The largest absolute Gasteiger partial charge is 0.504 e. The molecule has 0 fully saturated rings. The SMILES string of the molecule is CCOC(=O)C1=C(C)NC2=C(C(=O)C[C@@H](c3ccc(OC)c(OC)c3)C2)[C@@H]1c1ccc(O)c(OC)c1. The summed E-state index contributed by atoms with van der Waals surface area (Å²) >= 11 is 0. The van der Waals surface area contributed by atoms with E-state index in [2.05, 4.69) is 5.32 Å². The molecule has 1 aliphatic carbocycles. The van der Waals surface area contributed by atoms with Crippen LogP contribution in [-0.2, 0) is 14.3 Å². The summed E-state index contributed by atoms with van der Waals surface area (Å²) in [5.41, 5.74) is 3.95. The first kappa shape index (κ1) is 25.2. The minimum Gasteiger partial charge on any atom is -0.504 e. The van der Waals surface area contributed by atoms with Crippen molar-refractivity contribution in [2.75, 3.05) is 27.9 Å². The van der Waals surface area contributed by atoms with E-state index in [0.717, 1.165) is 11.3 Å². The summed E-state index contributed by atoms with van der Waals surface area (Å²) in [4.78, 5) is 26.8. The number of esters is 1. The predicted octanol–water partition coefficient (Wildman–Crippen LogP) is 4.34. The first-order valence-electron chi connectivity index (χ1n) is 11.8. The topological polar surface area (TPSA) is 103 Å². The van der Waals surface area contributed by atoms with E-state index in [0.29, 0.717) is 40.3 Å². The first-order chi connectivity index (χ1) is 17.3. The third-order valence-corrected chi connectivity index (χ3v) is 6.74. The van der Waals surface area contributed by atoms with E-state index in [1.807, 2.05) is 25.1 Å². The van der Waals surface area contributed by atoms with Gasteiger partial charge in [-0.25, -0.2) is 4.79 Å². The summed E-state index contributed by atoms with van der Waals surface area (Å²) in [6.07, 6.45) is 0.854. The maximum Gasteiger partial charge on any atom is 0.336 e. The molecule has 0 spiro atoms. The van der Waals surface area contributed by atoms with E-state index >= 15 is 0 Å². The van der Waals surface area contributed by atoms with Gasteiger partial charge >= 0.3 is 5.97 Å². The first-order valence-corrected chi connectivity index (χ1v) is 11.8. The Morgan fingerprint density at radius 2 is 1.64 bits per heavy atom. The van der Waals surface area contributed by atoms with Crippen LogP contribution in [0.5, 0.6) is 23.0 Å². The Kier molecular flexibility index (Phi) is 7.24. The molecule has 2 N–H and O–H groups in total. The molecule has 0 unspecified atom stereocenters. The zero-order valence-electron chi connectivity index (χ0n) is 21.1. The second-order valence-electron chi connectivity index (χ2n) is 8.78. The molecule has 4 rings (SSSR count). The van der Waals surface area contributed by atoms with Crippen LogP contribution in [0.25, 0.3) is 0 Å². The summed E-state index contributed by atoms with van der Waals surface area (Å²) in [7, 11) is 4.62. The summed E-state index contributed by atoms with van der Waals surface area (Å²) in [5, 5.41) is 13.5. The van der Waals surface area contributed by atoms with Crippen molar-refractivity contribution in [3.05, 3.63) is 70.1 Å². The maximum absolute atomic E-state index is 13.7. The second kappa shape index (κ2) is 10.4. The number of phenols is 1. The number of ether oxygens (including phenoxy) is 4. The Balaban J connectivity index is 1.80. The molecule has 0 aromatic heterocycles. The summed E-state index contributed by atoms with van der Waals surface area (Å²) < 4.78 is 21.5. The molecule has 2 aliphatic rings. The number of dihydropyridines is 1. The van der Waals surface area contributed by atoms with Gasteiger partial charge < -0.3 is 29.4 Å². The van der Waals surface area contributed by atoms with Crippen molar-refractivity contribution in [2.45, 2.75) is 38.5 Å². The summed E-state index contributed by atoms with van der Waals surface area (Å²) in [6.45, 7) is 3.76. The Morgan fingerprint density at radius 1 is 0.972 bits per heavy atom. The van der Waals surface area contributed by atoms with E-state index in [9.17, 15) is 14.7 Å². The number of methoxy groups -OCH3 is 3. The van der Waals surface area contributed by atoms with Crippen LogP contribution in [0.3, 0.4) is 0 Å². The minimum absolute atomic E-state index is 0.0220. The van der Waals surface area contributed by atoms with E-state index in [1.165, 1.54) is 13.2 Å². The minimum atomic E-state index is -0.645. The van der Waals surface area contributed by atoms with Gasteiger partial charge in [0.1, 0.15) is 0 Å². The number of allylic oxidation sites excluding steroid dienone is 3. The van der Waals surface area contributed by atoms with E-state index in [1.54, 1.807) is 33.3 Å². The Labute approximate surface area is 210 Å². The van der Waals surface area contributed by atoms with E-state index in [4.69, 9.17) is 18.9 Å². The zero-order chi connectivity index (χ0) is 26.0. The Morgan fingerprint density at radius 3 is 2.31 bits per heavy atom. The molecular weight excluding hydrogens is 462 g/mol. The molecule has 0 bridgehead atoms. The smallest absolute Gasteiger partial charge is 0.336 e. The van der Waals surface area contributed by atoms with Crippen LogP contribution in [-0.4, -0.2) is 44.8 Å². The number of nitrogens with one attached hydrogen (secondary N) is 1. The summed E-state index contributed by atoms with van der Waals surface area (Å²) in [5.74, 6) is 0.207. The molecule has 36 heavy (non-hydrogen) atoms. The van der Waals surface area contributed by atoms with Gasteiger partial charge in [0.2, 0.25) is 0 Å². The fourth-order valence-electron chi connectivity index (χ4n) is 5.07. The standard InChI is InChI=1S/C28H31NO7/c1-6-36-28(32)25-15(2)29-19-11-18(16-8-10-22(33-3)24(13-16)35-5)12-21(31)27(19)26(25)17-7-9-20(30)23(14-17)34-4/h7-10,13-14,18,26,29-30H,6,11-12H2,1-5H3/t18-,26+/m0/s1. The second-order valence-corrected chi connectivity index (χ2v) is 8.78. The highest BCUT2D eigenvalue weighted by atomic mass is 16.5. The van der Waals surface area contributed by atoms with Crippen molar-refractivity contribution in [2.24, 2.45) is 0 Å². The molecule has 0 saturated carbocycles. The lowest BCUT2D eigenvalue weighted by molar-refractivity contribution is -0.138. The number of carbonyl (C=O) groups is 2. The molecule has 8 nitrogen and oxygen atoms in total. The van der Waals surface area contributed by atoms with Gasteiger partial charge in [-0.3, -0.25) is 4.79 Å². The predicted molar refractivity (Wildman–Crippen MR) is 133 cm³/mol. The molecule has 2 atom stereocenters. The van der Waals surface area contributed by atoms with Gasteiger partial charge in [0, 0.05) is 29.3 Å². The van der Waals surface area contributed by atoms with Gasteiger partial charge in [-0.15, -0.1) is 0 Å². The lowest BCUT2D eigenvalue weighted by Gasteiger charge is -2.36. The lowest BCUT2D eigenvalue weighted by atomic mass is 9.71. The molecule has 1 heterocycles. The lowest BCUT2D eigenvalue weighted by Crippen LogP contribution is -2.36. The fourth-order valence-corrected chi connectivity index (χ4v) is 5.07. The van der Waals surface area contributed by atoms with Crippen LogP contribution >= 0.6 is 0 Å². The highest BCUT2D eigenvalue weighted by Gasteiger charge is 2.41. The van der Waals surface area contributed by atoms with Crippen LogP contribution < -0.4 is 19.5 Å². The molecular formula is C28H31NO7. The zero-order valence-corrected chi connectivity index (χ0v) is 21.1. The number of hydrogen-bond acceptors (Lipinski definition) is 8. The van der Waals surface area contributed by atoms with Crippen LogP contribution in [0.4, 0.5) is 0 Å². The van der Waals surface area contributed by atoms with Crippen LogP contribution in [0.2, 0.25) is 0 Å². The van der Waals surface area contributed by atoms with Crippen LogP contribution in [0.1, 0.15) is 49.7 Å². The van der Waals surface area contributed by atoms with Gasteiger partial charge in [-0.1, -0.05) is 12.1 Å². The average Bonchev–Trinajstić information content (AvgIpc) is 2.87. The monoisotopic (exact) mass is 493 g/mol. The number of phenolic OH excluding ortho intramolecular Hbond substituents is 1. The summed E-state index contributed by atoms with van der Waals surface area (Å²) in [6, 6.07) is 10.6. The molecule has 8 heteroatoms. The molecule has 0 saturated heterocycles.